The third-order valence-corrected chi connectivity index (χ3v) is 4.24. The van der Waals surface area contributed by atoms with E-state index in [0.717, 1.165) is 5.75 Å². The summed E-state index contributed by atoms with van der Waals surface area (Å²) in [6.45, 7) is 2.65. The van der Waals surface area contributed by atoms with Gasteiger partial charge in [-0.3, -0.25) is 20.4 Å². The van der Waals surface area contributed by atoms with E-state index in [0.29, 0.717) is 23.1 Å². The van der Waals surface area contributed by atoms with Gasteiger partial charge in [0, 0.05) is 0 Å². The molecule has 1 atom stereocenters. The van der Waals surface area contributed by atoms with Crippen LogP contribution < -0.4 is 16.6 Å². The van der Waals surface area contributed by atoms with Gasteiger partial charge in [0.15, 0.2) is 0 Å². The van der Waals surface area contributed by atoms with Crippen molar-refractivity contribution < 1.29 is 9.59 Å². The normalized spacial score (nSPS) is 11.9. The van der Waals surface area contributed by atoms with Crippen molar-refractivity contribution in [2.24, 2.45) is 11.7 Å². The van der Waals surface area contributed by atoms with E-state index < -0.39 is 0 Å². The molecule has 18 heavy (non-hydrogen) atoms. The van der Waals surface area contributed by atoms with Crippen LogP contribution in [0.2, 0.25) is 0 Å². The van der Waals surface area contributed by atoms with Gasteiger partial charge < -0.3 is 5.73 Å². The summed E-state index contributed by atoms with van der Waals surface area (Å²) in [5.74, 6) is 1.04. The summed E-state index contributed by atoms with van der Waals surface area (Å²) in [5, 5.41) is 1.81. The highest BCUT2D eigenvalue weighted by Gasteiger charge is 2.08. The van der Waals surface area contributed by atoms with Gasteiger partial charge in [-0.15, -0.1) is 11.3 Å². The first-order chi connectivity index (χ1) is 8.63. The van der Waals surface area contributed by atoms with E-state index >= 15 is 0 Å². The Hall–Kier alpha value is -1.05. The first kappa shape index (κ1) is 15.0. The molecule has 1 heterocycles. The first-order valence-electron chi connectivity index (χ1n) is 5.54. The van der Waals surface area contributed by atoms with Crippen molar-refractivity contribution in [3.63, 3.8) is 0 Å². The van der Waals surface area contributed by atoms with Crippen molar-refractivity contribution in [3.05, 3.63) is 22.4 Å². The average Bonchev–Trinajstić information content (AvgIpc) is 2.89. The van der Waals surface area contributed by atoms with Gasteiger partial charge >= 0.3 is 0 Å². The third-order valence-electron chi connectivity index (χ3n) is 2.10. The Balaban J connectivity index is 2.15. The van der Waals surface area contributed by atoms with E-state index in [1.807, 2.05) is 6.92 Å². The van der Waals surface area contributed by atoms with E-state index in [2.05, 4.69) is 10.9 Å². The number of nitrogens with two attached hydrogens (primary N) is 1. The highest BCUT2D eigenvalue weighted by Crippen LogP contribution is 2.08. The van der Waals surface area contributed by atoms with Crippen LogP contribution >= 0.6 is 23.1 Å². The fourth-order valence-corrected chi connectivity index (χ4v) is 2.59. The quantitative estimate of drug-likeness (QED) is 0.677. The fourth-order valence-electron chi connectivity index (χ4n) is 1.05. The van der Waals surface area contributed by atoms with Crippen molar-refractivity contribution in [1.29, 1.82) is 0 Å². The third kappa shape index (κ3) is 5.52. The molecule has 0 spiro atoms. The second-order valence-electron chi connectivity index (χ2n) is 3.84. The average molecular weight is 287 g/mol. The van der Waals surface area contributed by atoms with Crippen LogP contribution in [0, 0.1) is 5.92 Å². The second-order valence-corrected chi connectivity index (χ2v) is 5.81. The minimum Gasteiger partial charge on any atom is -0.330 e. The van der Waals surface area contributed by atoms with Crippen LogP contribution in [0.4, 0.5) is 0 Å². The number of carbonyl (C=O) groups excluding carboxylic acids is 2. The van der Waals surface area contributed by atoms with Crippen LogP contribution in [0.1, 0.15) is 16.6 Å². The lowest BCUT2D eigenvalue weighted by atomic mass is 10.2. The summed E-state index contributed by atoms with van der Waals surface area (Å²) >= 11 is 2.83. The minimum atomic E-state index is -0.293. The molecule has 1 unspecified atom stereocenters. The van der Waals surface area contributed by atoms with Crippen LogP contribution in [0.25, 0.3) is 0 Å². The summed E-state index contributed by atoms with van der Waals surface area (Å²) < 4.78 is 0. The molecule has 0 aliphatic carbocycles. The molecule has 100 valence electrons. The highest BCUT2D eigenvalue weighted by molar-refractivity contribution is 7.99. The summed E-state index contributed by atoms with van der Waals surface area (Å²) in [7, 11) is 0. The molecule has 1 rings (SSSR count). The van der Waals surface area contributed by atoms with Crippen molar-refractivity contribution >= 4 is 34.9 Å². The summed E-state index contributed by atoms with van der Waals surface area (Å²) in [6, 6.07) is 3.48. The molecule has 0 bridgehead atoms. The standard InChI is InChI=1S/C11H17N3O2S2/c1-8(5-12)6-17-7-10(15)13-14-11(16)9-3-2-4-18-9/h2-4,8H,5-7,12H2,1H3,(H,13,15)(H,14,16). The Kier molecular flexibility index (Phi) is 6.77. The lowest BCUT2D eigenvalue weighted by Gasteiger charge is -2.08. The molecular weight excluding hydrogens is 270 g/mol. The summed E-state index contributed by atoms with van der Waals surface area (Å²) in [5.41, 5.74) is 10.2. The van der Waals surface area contributed by atoms with Gasteiger partial charge in [-0.05, 0) is 29.7 Å². The maximum atomic E-state index is 11.5. The van der Waals surface area contributed by atoms with Gasteiger partial charge in [0.1, 0.15) is 0 Å². The Bertz CT molecular complexity index is 382. The van der Waals surface area contributed by atoms with Crippen LogP contribution in [0.5, 0.6) is 0 Å². The monoisotopic (exact) mass is 287 g/mol. The predicted molar refractivity (Wildman–Crippen MR) is 75.5 cm³/mol. The molecule has 0 aliphatic rings. The predicted octanol–water partition coefficient (Wildman–Crippen LogP) is 0.837. The second kappa shape index (κ2) is 8.12. The molecule has 5 nitrogen and oxygen atoms in total. The molecule has 1 aromatic heterocycles. The first-order valence-corrected chi connectivity index (χ1v) is 7.57. The fraction of sp³-hybridized carbons (Fsp3) is 0.455. The van der Waals surface area contributed by atoms with Crippen LogP contribution in [-0.4, -0.2) is 29.9 Å². The number of nitrogens with one attached hydrogen (secondary N) is 2. The SMILES string of the molecule is CC(CN)CSCC(=O)NNC(=O)c1cccs1. The topological polar surface area (TPSA) is 84.2 Å². The molecular formula is C11H17N3O2S2. The van der Waals surface area contributed by atoms with Gasteiger partial charge in [-0.2, -0.15) is 11.8 Å². The number of thioether (sulfide) groups is 1. The Morgan fingerprint density at radius 3 is 2.89 bits per heavy atom. The molecule has 2 amide bonds. The highest BCUT2D eigenvalue weighted by atomic mass is 32.2. The lowest BCUT2D eigenvalue weighted by Crippen LogP contribution is -2.42. The van der Waals surface area contributed by atoms with E-state index in [4.69, 9.17) is 5.73 Å². The maximum absolute atomic E-state index is 11.5. The number of carbonyl (C=O) groups is 2. The van der Waals surface area contributed by atoms with E-state index in [-0.39, 0.29) is 11.8 Å². The van der Waals surface area contributed by atoms with E-state index in [1.54, 1.807) is 17.5 Å². The number of rotatable bonds is 6. The molecule has 0 radical (unpaired) electrons. The molecule has 0 aromatic carbocycles. The Labute approximate surface area is 114 Å². The van der Waals surface area contributed by atoms with Crippen LogP contribution in [0.3, 0.4) is 0 Å². The molecule has 0 fully saturated rings. The lowest BCUT2D eigenvalue weighted by molar-refractivity contribution is -0.119. The zero-order valence-corrected chi connectivity index (χ0v) is 11.8. The Morgan fingerprint density at radius 2 is 2.28 bits per heavy atom. The number of amides is 2. The van der Waals surface area contributed by atoms with Crippen LogP contribution in [0.15, 0.2) is 17.5 Å². The van der Waals surface area contributed by atoms with Gasteiger partial charge in [0.05, 0.1) is 10.6 Å². The minimum absolute atomic E-state index is 0.214. The van der Waals surface area contributed by atoms with Gasteiger partial charge in [0.25, 0.3) is 5.91 Å². The van der Waals surface area contributed by atoms with E-state index in [9.17, 15) is 9.59 Å². The van der Waals surface area contributed by atoms with Crippen molar-refractivity contribution in [3.8, 4) is 0 Å². The zero-order valence-electron chi connectivity index (χ0n) is 10.1. The molecule has 7 heteroatoms. The molecule has 0 aliphatic heterocycles. The molecule has 1 aromatic rings. The molecule has 0 saturated heterocycles. The molecule has 0 saturated carbocycles. The number of hydrazine groups is 1. The zero-order chi connectivity index (χ0) is 13.4. The number of hydrogen-bond acceptors (Lipinski definition) is 5. The van der Waals surface area contributed by atoms with Crippen molar-refractivity contribution in [1.82, 2.24) is 10.9 Å². The smallest absolute Gasteiger partial charge is 0.279 e. The van der Waals surface area contributed by atoms with Crippen molar-refractivity contribution in [2.45, 2.75) is 6.92 Å². The molecule has 4 N–H and O–H groups in total. The van der Waals surface area contributed by atoms with Gasteiger partial charge in [-0.1, -0.05) is 13.0 Å². The van der Waals surface area contributed by atoms with Gasteiger partial charge in [-0.25, -0.2) is 0 Å². The number of hydrogen-bond donors (Lipinski definition) is 3. The largest absolute Gasteiger partial charge is 0.330 e. The Morgan fingerprint density at radius 1 is 1.50 bits per heavy atom. The van der Waals surface area contributed by atoms with Crippen molar-refractivity contribution in [2.75, 3.05) is 18.1 Å². The maximum Gasteiger partial charge on any atom is 0.279 e. The van der Waals surface area contributed by atoms with Crippen LogP contribution in [-0.2, 0) is 4.79 Å². The van der Waals surface area contributed by atoms with E-state index in [1.165, 1.54) is 23.1 Å². The van der Waals surface area contributed by atoms with Gasteiger partial charge in [0.2, 0.25) is 5.91 Å². The summed E-state index contributed by atoms with van der Waals surface area (Å²) in [4.78, 5) is 23.5. The summed E-state index contributed by atoms with van der Waals surface area (Å²) in [6.07, 6.45) is 0. The number of thiophene rings is 1.